The number of hydrogen-bond acceptors (Lipinski definition) is 3. The molecule has 3 N–H and O–H groups in total. The maximum Gasteiger partial charge on any atom is 0.148 e. The van der Waals surface area contributed by atoms with Gasteiger partial charge in [0.05, 0.1) is 12.3 Å². The molecule has 0 aliphatic rings. The Balaban J connectivity index is 2.70. The van der Waals surface area contributed by atoms with Crippen LogP contribution in [0.4, 0.5) is 15.8 Å². The molecule has 1 aromatic rings. The summed E-state index contributed by atoms with van der Waals surface area (Å²) in [4.78, 5) is 0. The van der Waals surface area contributed by atoms with Gasteiger partial charge in [-0.1, -0.05) is 6.92 Å². The van der Waals surface area contributed by atoms with Crippen molar-refractivity contribution >= 4 is 11.4 Å². The average molecular weight is 212 g/mol. The third kappa shape index (κ3) is 3.40. The molecule has 0 aromatic heterocycles. The topological polar surface area (TPSA) is 47.3 Å². The van der Waals surface area contributed by atoms with E-state index in [0.717, 1.165) is 6.42 Å². The summed E-state index contributed by atoms with van der Waals surface area (Å²) in [5, 5.41) is 3.07. The quantitative estimate of drug-likeness (QED) is 0.736. The van der Waals surface area contributed by atoms with Gasteiger partial charge in [-0.3, -0.25) is 0 Å². The van der Waals surface area contributed by atoms with Crippen molar-refractivity contribution in [2.75, 3.05) is 24.8 Å². The van der Waals surface area contributed by atoms with Crippen LogP contribution >= 0.6 is 0 Å². The van der Waals surface area contributed by atoms with Crippen molar-refractivity contribution in [1.82, 2.24) is 0 Å². The van der Waals surface area contributed by atoms with Crippen LogP contribution in [-0.4, -0.2) is 19.8 Å². The van der Waals surface area contributed by atoms with E-state index in [9.17, 15) is 4.39 Å². The number of nitrogens with one attached hydrogen (secondary N) is 1. The fourth-order valence-corrected chi connectivity index (χ4v) is 1.33. The first-order valence-electron chi connectivity index (χ1n) is 4.97. The van der Waals surface area contributed by atoms with E-state index < -0.39 is 0 Å². The van der Waals surface area contributed by atoms with E-state index in [1.165, 1.54) is 6.07 Å². The third-order valence-corrected chi connectivity index (χ3v) is 2.21. The lowest BCUT2D eigenvalue weighted by Crippen LogP contribution is -2.24. The van der Waals surface area contributed by atoms with E-state index >= 15 is 0 Å². The smallest absolute Gasteiger partial charge is 0.148 e. The summed E-state index contributed by atoms with van der Waals surface area (Å²) in [5.74, 6) is -0.329. The third-order valence-electron chi connectivity index (χ3n) is 2.21. The largest absolute Gasteiger partial charge is 0.399 e. The molecule has 15 heavy (non-hydrogen) atoms. The summed E-state index contributed by atoms with van der Waals surface area (Å²) >= 11 is 0. The molecule has 0 spiro atoms. The van der Waals surface area contributed by atoms with Crippen LogP contribution in [-0.2, 0) is 4.74 Å². The van der Waals surface area contributed by atoms with Crippen LogP contribution in [0.15, 0.2) is 18.2 Å². The van der Waals surface area contributed by atoms with E-state index in [0.29, 0.717) is 18.0 Å². The molecule has 0 radical (unpaired) electrons. The molecule has 1 aromatic carbocycles. The lowest BCUT2D eigenvalue weighted by Gasteiger charge is -2.17. The van der Waals surface area contributed by atoms with Crippen molar-refractivity contribution in [3.63, 3.8) is 0 Å². The van der Waals surface area contributed by atoms with Gasteiger partial charge in [0, 0.05) is 18.8 Å². The number of nitrogens with two attached hydrogens (primary N) is 1. The molecule has 3 nitrogen and oxygen atoms in total. The van der Waals surface area contributed by atoms with E-state index in [1.807, 2.05) is 6.92 Å². The fourth-order valence-electron chi connectivity index (χ4n) is 1.33. The molecular formula is C11H17FN2O. The zero-order valence-corrected chi connectivity index (χ0v) is 9.09. The number of methoxy groups -OCH3 is 1. The zero-order valence-electron chi connectivity index (χ0n) is 9.09. The number of halogens is 1. The van der Waals surface area contributed by atoms with Crippen LogP contribution < -0.4 is 11.1 Å². The normalized spacial score (nSPS) is 12.5. The van der Waals surface area contributed by atoms with Gasteiger partial charge in [0.15, 0.2) is 0 Å². The minimum absolute atomic E-state index is 0.119. The van der Waals surface area contributed by atoms with Gasteiger partial charge in [-0.25, -0.2) is 4.39 Å². The first kappa shape index (κ1) is 11.8. The highest BCUT2D eigenvalue weighted by Crippen LogP contribution is 2.18. The van der Waals surface area contributed by atoms with E-state index in [1.54, 1.807) is 19.2 Å². The Labute approximate surface area is 89.4 Å². The molecule has 0 saturated heterocycles. The SMILES string of the molecule is CCC(COC)Nc1ccc(N)cc1F. The summed E-state index contributed by atoms with van der Waals surface area (Å²) < 4.78 is 18.4. The Morgan fingerprint density at radius 2 is 2.27 bits per heavy atom. The van der Waals surface area contributed by atoms with Crippen molar-refractivity contribution in [2.24, 2.45) is 0 Å². The minimum atomic E-state index is -0.329. The number of ether oxygens (including phenoxy) is 1. The van der Waals surface area contributed by atoms with Gasteiger partial charge in [0.1, 0.15) is 5.82 Å². The summed E-state index contributed by atoms with van der Waals surface area (Å²) in [6.07, 6.45) is 0.873. The van der Waals surface area contributed by atoms with E-state index in [4.69, 9.17) is 10.5 Å². The average Bonchev–Trinajstić information content (AvgIpc) is 2.21. The predicted molar refractivity (Wildman–Crippen MR) is 60.4 cm³/mol. The number of anilines is 2. The second kappa shape index (κ2) is 5.56. The van der Waals surface area contributed by atoms with Crippen LogP contribution in [0.1, 0.15) is 13.3 Å². The monoisotopic (exact) mass is 212 g/mol. The molecule has 0 aliphatic heterocycles. The predicted octanol–water partition coefficient (Wildman–Crippen LogP) is 2.24. The molecule has 0 heterocycles. The Morgan fingerprint density at radius 3 is 2.80 bits per heavy atom. The first-order chi connectivity index (χ1) is 7.17. The molecule has 1 rings (SSSR count). The molecule has 0 amide bonds. The Morgan fingerprint density at radius 1 is 1.53 bits per heavy atom. The number of nitrogen functional groups attached to an aromatic ring is 1. The lowest BCUT2D eigenvalue weighted by atomic mass is 10.2. The van der Waals surface area contributed by atoms with Crippen LogP contribution in [0.5, 0.6) is 0 Å². The standard InChI is InChI=1S/C11H17FN2O/c1-3-9(7-15-2)14-11-5-4-8(13)6-10(11)12/h4-6,9,14H,3,7,13H2,1-2H3. The van der Waals surface area contributed by atoms with Gasteiger partial charge in [-0.2, -0.15) is 0 Å². The van der Waals surface area contributed by atoms with Crippen LogP contribution in [0, 0.1) is 5.82 Å². The van der Waals surface area contributed by atoms with E-state index in [-0.39, 0.29) is 11.9 Å². The zero-order chi connectivity index (χ0) is 11.3. The highest BCUT2D eigenvalue weighted by atomic mass is 19.1. The van der Waals surface area contributed by atoms with Gasteiger partial charge in [0.25, 0.3) is 0 Å². The maximum absolute atomic E-state index is 13.4. The van der Waals surface area contributed by atoms with Crippen molar-refractivity contribution in [2.45, 2.75) is 19.4 Å². The fraction of sp³-hybridized carbons (Fsp3) is 0.455. The number of benzene rings is 1. The maximum atomic E-state index is 13.4. The van der Waals surface area contributed by atoms with Crippen LogP contribution in [0.2, 0.25) is 0 Å². The number of hydrogen-bond donors (Lipinski definition) is 2. The van der Waals surface area contributed by atoms with E-state index in [2.05, 4.69) is 5.32 Å². The highest BCUT2D eigenvalue weighted by molar-refractivity contribution is 5.53. The minimum Gasteiger partial charge on any atom is -0.399 e. The van der Waals surface area contributed by atoms with Crippen LogP contribution in [0.25, 0.3) is 0 Å². The van der Waals surface area contributed by atoms with Crippen molar-refractivity contribution in [3.05, 3.63) is 24.0 Å². The summed E-state index contributed by atoms with van der Waals surface area (Å²) in [6, 6.07) is 4.74. The number of rotatable bonds is 5. The van der Waals surface area contributed by atoms with Crippen LogP contribution in [0.3, 0.4) is 0 Å². The van der Waals surface area contributed by atoms with Crippen molar-refractivity contribution < 1.29 is 9.13 Å². The van der Waals surface area contributed by atoms with Gasteiger partial charge < -0.3 is 15.8 Å². The van der Waals surface area contributed by atoms with Gasteiger partial charge in [-0.05, 0) is 24.6 Å². The molecule has 1 atom stereocenters. The molecule has 0 saturated carbocycles. The summed E-state index contributed by atoms with van der Waals surface area (Å²) in [7, 11) is 1.63. The molecule has 0 aliphatic carbocycles. The molecular weight excluding hydrogens is 195 g/mol. The second-order valence-electron chi connectivity index (χ2n) is 3.44. The first-order valence-corrected chi connectivity index (χ1v) is 4.97. The van der Waals surface area contributed by atoms with Gasteiger partial charge in [0.2, 0.25) is 0 Å². The molecule has 84 valence electrons. The lowest BCUT2D eigenvalue weighted by molar-refractivity contribution is 0.184. The Bertz CT molecular complexity index is 317. The Kier molecular flexibility index (Phi) is 4.37. The Hall–Kier alpha value is -1.29. The van der Waals surface area contributed by atoms with Gasteiger partial charge in [-0.15, -0.1) is 0 Å². The second-order valence-corrected chi connectivity index (χ2v) is 3.44. The van der Waals surface area contributed by atoms with Crippen molar-refractivity contribution in [3.8, 4) is 0 Å². The van der Waals surface area contributed by atoms with Crippen molar-refractivity contribution in [1.29, 1.82) is 0 Å². The molecule has 4 heteroatoms. The molecule has 0 fully saturated rings. The van der Waals surface area contributed by atoms with Gasteiger partial charge >= 0.3 is 0 Å². The summed E-state index contributed by atoms with van der Waals surface area (Å²) in [5.41, 5.74) is 6.35. The molecule has 0 bridgehead atoms. The molecule has 1 unspecified atom stereocenters. The summed E-state index contributed by atoms with van der Waals surface area (Å²) in [6.45, 7) is 2.58. The highest BCUT2D eigenvalue weighted by Gasteiger charge is 2.08.